The van der Waals surface area contributed by atoms with Crippen LogP contribution in [0.1, 0.15) is 24.4 Å². The van der Waals surface area contributed by atoms with Crippen molar-refractivity contribution in [3.8, 4) is 5.75 Å². The molecule has 1 aromatic heterocycles. The highest BCUT2D eigenvalue weighted by molar-refractivity contribution is 5.30. The number of ether oxygens (including phenoxy) is 1. The summed E-state index contributed by atoms with van der Waals surface area (Å²) >= 11 is 0. The van der Waals surface area contributed by atoms with Crippen LogP contribution in [-0.4, -0.2) is 17.1 Å². The number of aromatic amines is 1. The molecule has 17 heavy (non-hydrogen) atoms. The van der Waals surface area contributed by atoms with Gasteiger partial charge in [-0.05, 0) is 24.6 Å². The molecule has 0 fully saturated rings. The van der Waals surface area contributed by atoms with Crippen LogP contribution in [0, 0.1) is 0 Å². The van der Waals surface area contributed by atoms with Gasteiger partial charge in [0.25, 0.3) is 0 Å². The van der Waals surface area contributed by atoms with Crippen LogP contribution in [0.15, 0.2) is 36.7 Å². The van der Waals surface area contributed by atoms with Gasteiger partial charge in [-0.1, -0.05) is 12.1 Å². The summed E-state index contributed by atoms with van der Waals surface area (Å²) in [5.41, 5.74) is 1.20. The van der Waals surface area contributed by atoms with Crippen molar-refractivity contribution in [3.05, 3.63) is 48.0 Å². The van der Waals surface area contributed by atoms with E-state index in [2.05, 4.69) is 28.3 Å². The second-order valence-corrected chi connectivity index (χ2v) is 3.92. The second kappa shape index (κ2) is 5.50. The first-order valence-corrected chi connectivity index (χ1v) is 5.65. The normalized spacial score (nSPS) is 12.4. The van der Waals surface area contributed by atoms with Crippen molar-refractivity contribution >= 4 is 0 Å². The fourth-order valence-electron chi connectivity index (χ4n) is 1.67. The van der Waals surface area contributed by atoms with E-state index in [4.69, 9.17) is 4.74 Å². The summed E-state index contributed by atoms with van der Waals surface area (Å²) in [6, 6.07) is 8.33. The molecule has 1 heterocycles. The first kappa shape index (κ1) is 11.7. The average molecular weight is 231 g/mol. The van der Waals surface area contributed by atoms with Crippen LogP contribution < -0.4 is 10.1 Å². The lowest BCUT2D eigenvalue weighted by molar-refractivity contribution is 0.413. The Balaban J connectivity index is 1.96. The molecule has 0 aliphatic carbocycles. The summed E-state index contributed by atoms with van der Waals surface area (Å²) in [5, 5.41) is 3.40. The van der Waals surface area contributed by atoms with Crippen LogP contribution in [0.4, 0.5) is 0 Å². The smallest absolute Gasteiger partial charge is 0.120 e. The van der Waals surface area contributed by atoms with Gasteiger partial charge in [-0.2, -0.15) is 0 Å². The molecule has 4 nitrogen and oxygen atoms in total. The van der Waals surface area contributed by atoms with E-state index in [9.17, 15) is 0 Å². The molecule has 90 valence electrons. The summed E-state index contributed by atoms with van der Waals surface area (Å²) in [5.74, 6) is 1.83. The zero-order chi connectivity index (χ0) is 12.1. The summed E-state index contributed by atoms with van der Waals surface area (Å²) < 4.78 is 5.21. The lowest BCUT2D eigenvalue weighted by Gasteiger charge is -2.14. The first-order valence-electron chi connectivity index (χ1n) is 5.65. The van der Waals surface area contributed by atoms with Gasteiger partial charge in [0.15, 0.2) is 0 Å². The number of H-pyrrole nitrogens is 1. The maximum atomic E-state index is 5.21. The highest BCUT2D eigenvalue weighted by Gasteiger charge is 2.06. The lowest BCUT2D eigenvalue weighted by atomic mass is 10.1. The van der Waals surface area contributed by atoms with E-state index in [0.717, 1.165) is 18.1 Å². The lowest BCUT2D eigenvalue weighted by Crippen LogP contribution is -2.18. The summed E-state index contributed by atoms with van der Waals surface area (Å²) in [6.45, 7) is 2.85. The molecule has 0 spiro atoms. The number of hydrogen-bond acceptors (Lipinski definition) is 3. The van der Waals surface area contributed by atoms with Gasteiger partial charge in [-0.3, -0.25) is 0 Å². The number of nitrogens with one attached hydrogen (secondary N) is 2. The van der Waals surface area contributed by atoms with Crippen LogP contribution in [0.25, 0.3) is 0 Å². The summed E-state index contributed by atoms with van der Waals surface area (Å²) in [7, 11) is 1.68. The predicted octanol–water partition coefficient (Wildman–Crippen LogP) is 2.27. The minimum Gasteiger partial charge on any atom is -0.497 e. The van der Waals surface area contributed by atoms with Gasteiger partial charge in [-0.25, -0.2) is 4.98 Å². The Morgan fingerprint density at radius 2 is 2.35 bits per heavy atom. The Bertz CT molecular complexity index is 453. The van der Waals surface area contributed by atoms with Gasteiger partial charge in [0, 0.05) is 18.4 Å². The standard InChI is InChI=1S/C13H17N3O/c1-10(16-9-13-14-6-7-15-13)11-4-3-5-12(8-11)17-2/h3-8,10,16H,9H2,1-2H3,(H,14,15)/t10-/m1/s1. The van der Waals surface area contributed by atoms with Gasteiger partial charge in [0.2, 0.25) is 0 Å². The van der Waals surface area contributed by atoms with Crippen molar-refractivity contribution in [2.75, 3.05) is 7.11 Å². The van der Waals surface area contributed by atoms with Crippen molar-refractivity contribution in [1.29, 1.82) is 0 Å². The van der Waals surface area contributed by atoms with Crippen molar-refractivity contribution in [2.24, 2.45) is 0 Å². The second-order valence-electron chi connectivity index (χ2n) is 3.92. The Kier molecular flexibility index (Phi) is 3.77. The third-order valence-electron chi connectivity index (χ3n) is 2.72. The third-order valence-corrected chi connectivity index (χ3v) is 2.72. The van der Waals surface area contributed by atoms with E-state index in [-0.39, 0.29) is 6.04 Å². The Hall–Kier alpha value is -1.81. The Labute approximate surface area is 101 Å². The molecule has 4 heteroatoms. The first-order chi connectivity index (χ1) is 8.29. The third kappa shape index (κ3) is 3.07. The Morgan fingerprint density at radius 1 is 1.47 bits per heavy atom. The maximum absolute atomic E-state index is 5.21. The minimum atomic E-state index is 0.259. The Morgan fingerprint density at radius 3 is 3.06 bits per heavy atom. The van der Waals surface area contributed by atoms with Gasteiger partial charge in [0.1, 0.15) is 11.6 Å². The number of methoxy groups -OCH3 is 1. The minimum absolute atomic E-state index is 0.259. The molecular formula is C13H17N3O. The van der Waals surface area contributed by atoms with Crippen molar-refractivity contribution < 1.29 is 4.74 Å². The van der Waals surface area contributed by atoms with Gasteiger partial charge in [-0.15, -0.1) is 0 Å². The molecule has 0 saturated carbocycles. The number of imidazole rings is 1. The van der Waals surface area contributed by atoms with Gasteiger partial charge >= 0.3 is 0 Å². The highest BCUT2D eigenvalue weighted by Crippen LogP contribution is 2.18. The number of nitrogens with zero attached hydrogens (tertiary/aromatic N) is 1. The van der Waals surface area contributed by atoms with Crippen LogP contribution in [0.2, 0.25) is 0 Å². The molecular weight excluding hydrogens is 214 g/mol. The van der Waals surface area contributed by atoms with Crippen molar-refractivity contribution in [1.82, 2.24) is 15.3 Å². The van der Waals surface area contributed by atoms with Crippen LogP contribution in [-0.2, 0) is 6.54 Å². The van der Waals surface area contributed by atoms with E-state index < -0.39 is 0 Å². The fraction of sp³-hybridized carbons (Fsp3) is 0.308. The molecule has 2 N–H and O–H groups in total. The molecule has 0 amide bonds. The monoisotopic (exact) mass is 231 g/mol. The predicted molar refractivity (Wildman–Crippen MR) is 66.8 cm³/mol. The fourth-order valence-corrected chi connectivity index (χ4v) is 1.67. The zero-order valence-corrected chi connectivity index (χ0v) is 10.1. The van der Waals surface area contributed by atoms with E-state index in [1.165, 1.54) is 5.56 Å². The van der Waals surface area contributed by atoms with Crippen molar-refractivity contribution in [2.45, 2.75) is 19.5 Å². The van der Waals surface area contributed by atoms with E-state index in [1.807, 2.05) is 24.4 Å². The van der Waals surface area contributed by atoms with E-state index in [0.29, 0.717) is 0 Å². The molecule has 0 bridgehead atoms. The molecule has 1 atom stereocenters. The number of benzene rings is 1. The topological polar surface area (TPSA) is 49.9 Å². The zero-order valence-electron chi connectivity index (χ0n) is 10.1. The highest BCUT2D eigenvalue weighted by atomic mass is 16.5. The molecule has 0 aliphatic rings. The molecule has 0 unspecified atom stereocenters. The summed E-state index contributed by atoms with van der Waals surface area (Å²) in [6.07, 6.45) is 3.58. The van der Waals surface area contributed by atoms with E-state index >= 15 is 0 Å². The maximum Gasteiger partial charge on any atom is 0.120 e. The summed E-state index contributed by atoms with van der Waals surface area (Å²) in [4.78, 5) is 7.24. The molecule has 2 rings (SSSR count). The largest absolute Gasteiger partial charge is 0.497 e. The SMILES string of the molecule is COc1cccc([C@@H](C)NCc2ncc[nH]2)c1. The molecule has 0 radical (unpaired) electrons. The molecule has 2 aromatic rings. The van der Waals surface area contributed by atoms with Crippen LogP contribution >= 0.6 is 0 Å². The molecule has 0 aliphatic heterocycles. The van der Waals surface area contributed by atoms with E-state index in [1.54, 1.807) is 13.3 Å². The number of hydrogen-bond donors (Lipinski definition) is 2. The van der Waals surface area contributed by atoms with Gasteiger partial charge in [0.05, 0.1) is 13.7 Å². The van der Waals surface area contributed by atoms with Crippen LogP contribution in [0.5, 0.6) is 5.75 Å². The quantitative estimate of drug-likeness (QED) is 0.830. The van der Waals surface area contributed by atoms with Gasteiger partial charge < -0.3 is 15.0 Å². The number of rotatable bonds is 5. The van der Waals surface area contributed by atoms with Crippen molar-refractivity contribution in [3.63, 3.8) is 0 Å². The number of aromatic nitrogens is 2. The van der Waals surface area contributed by atoms with Crippen LogP contribution in [0.3, 0.4) is 0 Å². The molecule has 0 saturated heterocycles. The average Bonchev–Trinajstić information content (AvgIpc) is 2.89. The molecule has 1 aromatic carbocycles.